The fourth-order valence-corrected chi connectivity index (χ4v) is 4.02. The van der Waals surface area contributed by atoms with Crippen molar-refractivity contribution in [2.45, 2.75) is 32.1 Å². The Bertz CT molecular complexity index is 1100. The molecule has 0 saturated heterocycles. The topological polar surface area (TPSA) is 98.2 Å². The summed E-state index contributed by atoms with van der Waals surface area (Å²) in [5, 5.41) is 10.7. The largest absolute Gasteiger partial charge is 0.494 e. The van der Waals surface area contributed by atoms with Crippen molar-refractivity contribution in [2.75, 3.05) is 6.61 Å². The summed E-state index contributed by atoms with van der Waals surface area (Å²) in [5.41, 5.74) is 7.89. The lowest BCUT2D eigenvalue weighted by Gasteiger charge is -2.31. The monoisotopic (exact) mass is 395 g/mol. The molecular formula is C21H18ClN3O3. The van der Waals surface area contributed by atoms with E-state index in [9.17, 15) is 10.1 Å². The summed E-state index contributed by atoms with van der Waals surface area (Å²) in [4.78, 5) is 17.2. The van der Waals surface area contributed by atoms with E-state index in [4.69, 9.17) is 26.8 Å². The van der Waals surface area contributed by atoms with Crippen molar-refractivity contribution in [3.05, 3.63) is 57.8 Å². The van der Waals surface area contributed by atoms with Gasteiger partial charge in [0.15, 0.2) is 5.78 Å². The van der Waals surface area contributed by atoms with Crippen LogP contribution in [0.1, 0.15) is 37.7 Å². The number of nitrogens with zero attached hydrogens (tertiary/aromatic N) is 2. The van der Waals surface area contributed by atoms with Crippen molar-refractivity contribution < 1.29 is 14.3 Å². The number of carbonyl (C=O) groups is 1. The number of ketones is 1. The van der Waals surface area contributed by atoms with E-state index in [2.05, 4.69) is 11.1 Å². The number of hydrogen-bond acceptors (Lipinski definition) is 6. The van der Waals surface area contributed by atoms with Gasteiger partial charge in [-0.2, -0.15) is 5.26 Å². The maximum Gasteiger partial charge on any atom is 0.205 e. The standard InChI is InChI=1S/C21H18ClN3O3/c1-2-27-12-7-6-11-8-13(20(22)25-15(11)9-12)18-14(10-23)21(24)28-17-5-3-4-16(26)19(17)18/h6-9,18H,2-5,24H2,1H3/t18-/m0/s1. The third kappa shape index (κ3) is 2.98. The van der Waals surface area contributed by atoms with Gasteiger partial charge < -0.3 is 15.2 Å². The number of Topliss-reactive ketones (excluding diaryl/α,β-unsaturated/α-hetero) is 1. The van der Waals surface area contributed by atoms with Crippen LogP contribution < -0.4 is 10.5 Å². The van der Waals surface area contributed by atoms with Crippen LogP contribution in [0.2, 0.25) is 5.15 Å². The minimum absolute atomic E-state index is 0.0174. The Hall–Kier alpha value is -3.04. The molecule has 1 aliphatic carbocycles. The van der Waals surface area contributed by atoms with Crippen LogP contribution in [-0.2, 0) is 9.53 Å². The number of halogens is 1. The van der Waals surface area contributed by atoms with Gasteiger partial charge in [-0.25, -0.2) is 4.98 Å². The van der Waals surface area contributed by atoms with Crippen LogP contribution in [0.4, 0.5) is 0 Å². The first kappa shape index (κ1) is 18.3. The van der Waals surface area contributed by atoms with Gasteiger partial charge in [0.05, 0.1) is 18.0 Å². The van der Waals surface area contributed by atoms with Crippen molar-refractivity contribution >= 4 is 28.3 Å². The Labute approximate surface area is 167 Å². The normalized spacial score (nSPS) is 19.3. The smallest absolute Gasteiger partial charge is 0.205 e. The Morgan fingerprint density at radius 3 is 2.96 bits per heavy atom. The second-order valence-corrected chi connectivity index (χ2v) is 7.05. The quantitative estimate of drug-likeness (QED) is 0.785. The number of aromatic nitrogens is 1. The molecule has 0 saturated carbocycles. The van der Waals surface area contributed by atoms with Gasteiger partial charge in [0, 0.05) is 35.4 Å². The summed E-state index contributed by atoms with van der Waals surface area (Å²) in [6.07, 6.45) is 1.71. The molecule has 1 aromatic carbocycles. The molecule has 6 nitrogen and oxygen atoms in total. The molecular weight excluding hydrogens is 378 g/mol. The third-order valence-corrected chi connectivity index (χ3v) is 5.30. The number of fused-ring (bicyclic) bond motifs is 1. The summed E-state index contributed by atoms with van der Waals surface area (Å²) < 4.78 is 11.1. The van der Waals surface area contributed by atoms with Gasteiger partial charge in [-0.3, -0.25) is 4.79 Å². The molecule has 0 unspecified atom stereocenters. The van der Waals surface area contributed by atoms with Crippen LogP contribution in [0.15, 0.2) is 47.1 Å². The van der Waals surface area contributed by atoms with E-state index in [0.29, 0.717) is 54.0 Å². The molecule has 0 spiro atoms. The lowest BCUT2D eigenvalue weighted by molar-refractivity contribution is -0.116. The van der Waals surface area contributed by atoms with E-state index in [1.165, 1.54) is 0 Å². The number of rotatable bonds is 3. The van der Waals surface area contributed by atoms with Gasteiger partial charge in [-0.15, -0.1) is 0 Å². The van der Waals surface area contributed by atoms with E-state index in [-0.39, 0.29) is 22.4 Å². The first-order valence-corrected chi connectivity index (χ1v) is 9.48. The van der Waals surface area contributed by atoms with Gasteiger partial charge in [0.1, 0.15) is 28.3 Å². The van der Waals surface area contributed by atoms with Crippen molar-refractivity contribution in [1.82, 2.24) is 4.98 Å². The molecule has 28 heavy (non-hydrogen) atoms. The molecule has 0 bridgehead atoms. The predicted octanol–water partition coefficient (Wildman–Crippen LogP) is 4.10. The molecule has 1 aromatic heterocycles. The average molecular weight is 396 g/mol. The first-order valence-electron chi connectivity index (χ1n) is 9.10. The summed E-state index contributed by atoms with van der Waals surface area (Å²) in [6.45, 7) is 2.46. The lowest BCUT2D eigenvalue weighted by atomic mass is 9.78. The second-order valence-electron chi connectivity index (χ2n) is 6.69. The van der Waals surface area contributed by atoms with Crippen LogP contribution in [-0.4, -0.2) is 17.4 Å². The maximum absolute atomic E-state index is 12.7. The number of nitriles is 1. The highest BCUT2D eigenvalue weighted by molar-refractivity contribution is 6.31. The van der Waals surface area contributed by atoms with E-state index in [0.717, 1.165) is 5.39 Å². The molecule has 1 atom stereocenters. The maximum atomic E-state index is 12.7. The molecule has 142 valence electrons. The van der Waals surface area contributed by atoms with Crippen molar-refractivity contribution in [2.24, 2.45) is 5.73 Å². The van der Waals surface area contributed by atoms with Crippen LogP contribution in [0, 0.1) is 11.3 Å². The summed E-state index contributed by atoms with van der Waals surface area (Å²) >= 11 is 6.52. The van der Waals surface area contributed by atoms with E-state index in [1.54, 1.807) is 0 Å². The molecule has 2 heterocycles. The number of allylic oxidation sites excluding steroid dienone is 3. The van der Waals surface area contributed by atoms with Gasteiger partial charge in [-0.1, -0.05) is 11.6 Å². The number of hydrogen-bond donors (Lipinski definition) is 1. The summed E-state index contributed by atoms with van der Waals surface area (Å²) in [6, 6.07) is 9.49. The number of pyridine rings is 1. The highest BCUT2D eigenvalue weighted by atomic mass is 35.5. The van der Waals surface area contributed by atoms with Gasteiger partial charge >= 0.3 is 0 Å². The zero-order valence-corrected chi connectivity index (χ0v) is 16.0. The first-order chi connectivity index (χ1) is 13.5. The van der Waals surface area contributed by atoms with Crippen LogP contribution in [0.5, 0.6) is 5.75 Å². The highest BCUT2D eigenvalue weighted by Crippen LogP contribution is 2.45. The molecule has 4 rings (SSSR count). The van der Waals surface area contributed by atoms with Crippen LogP contribution >= 0.6 is 11.6 Å². The fourth-order valence-electron chi connectivity index (χ4n) is 3.77. The highest BCUT2D eigenvalue weighted by Gasteiger charge is 2.39. The van der Waals surface area contributed by atoms with E-state index < -0.39 is 5.92 Å². The Morgan fingerprint density at radius 2 is 2.21 bits per heavy atom. The number of ether oxygens (including phenoxy) is 2. The van der Waals surface area contributed by atoms with Crippen molar-refractivity contribution in [3.8, 4) is 11.8 Å². The Balaban J connectivity index is 1.90. The molecule has 0 fully saturated rings. The molecule has 2 aromatic rings. The number of benzene rings is 1. The summed E-state index contributed by atoms with van der Waals surface area (Å²) in [7, 11) is 0. The van der Waals surface area contributed by atoms with Crippen LogP contribution in [0.3, 0.4) is 0 Å². The Kier molecular flexibility index (Phi) is 4.70. The zero-order chi connectivity index (χ0) is 19.8. The molecule has 7 heteroatoms. The van der Waals surface area contributed by atoms with Crippen molar-refractivity contribution in [3.63, 3.8) is 0 Å². The zero-order valence-electron chi connectivity index (χ0n) is 15.3. The molecule has 0 amide bonds. The third-order valence-electron chi connectivity index (χ3n) is 5.00. The molecule has 0 radical (unpaired) electrons. The fraction of sp³-hybridized carbons (Fsp3) is 0.286. The predicted molar refractivity (Wildman–Crippen MR) is 104 cm³/mol. The molecule has 2 aliphatic rings. The summed E-state index contributed by atoms with van der Waals surface area (Å²) in [5.74, 6) is 0.531. The van der Waals surface area contributed by atoms with Gasteiger partial charge in [0.25, 0.3) is 0 Å². The van der Waals surface area contributed by atoms with Crippen LogP contribution in [0.25, 0.3) is 10.9 Å². The van der Waals surface area contributed by atoms with E-state index >= 15 is 0 Å². The van der Waals surface area contributed by atoms with Gasteiger partial charge in [-0.05, 0) is 31.5 Å². The Morgan fingerprint density at radius 1 is 1.39 bits per heavy atom. The number of nitrogens with two attached hydrogens (primary N) is 1. The number of carbonyl (C=O) groups excluding carboxylic acids is 1. The molecule has 1 aliphatic heterocycles. The van der Waals surface area contributed by atoms with E-state index in [1.807, 2.05) is 31.2 Å². The second kappa shape index (κ2) is 7.17. The average Bonchev–Trinajstić information content (AvgIpc) is 2.67. The van der Waals surface area contributed by atoms with Crippen molar-refractivity contribution in [1.29, 1.82) is 5.26 Å². The minimum Gasteiger partial charge on any atom is -0.494 e. The minimum atomic E-state index is -0.669. The lowest BCUT2D eigenvalue weighted by Crippen LogP contribution is -2.27. The SMILES string of the molecule is CCOc1ccc2cc([C@H]3C(C#N)=C(N)OC4=C3C(=O)CCC4)c(Cl)nc2c1. The van der Waals surface area contributed by atoms with Gasteiger partial charge in [0.2, 0.25) is 5.88 Å². The molecule has 2 N–H and O–H groups in total.